The summed E-state index contributed by atoms with van der Waals surface area (Å²) in [5.41, 5.74) is 1.36. The van der Waals surface area contributed by atoms with Gasteiger partial charge in [0, 0.05) is 18.2 Å². The van der Waals surface area contributed by atoms with E-state index in [2.05, 4.69) is 0 Å². The van der Waals surface area contributed by atoms with Gasteiger partial charge in [-0.2, -0.15) is 0 Å². The Labute approximate surface area is 130 Å². The average Bonchev–Trinajstić information content (AvgIpc) is 2.52. The van der Waals surface area contributed by atoms with Crippen LogP contribution in [-0.2, 0) is 6.54 Å². The first-order valence-corrected chi connectivity index (χ1v) is 7.21. The van der Waals surface area contributed by atoms with Crippen LogP contribution in [0.3, 0.4) is 0 Å². The van der Waals surface area contributed by atoms with Crippen LogP contribution in [0.5, 0.6) is 5.75 Å². The van der Waals surface area contributed by atoms with Gasteiger partial charge in [-0.3, -0.25) is 4.79 Å². The summed E-state index contributed by atoms with van der Waals surface area (Å²) in [5.74, 6) is -0.590. The summed E-state index contributed by atoms with van der Waals surface area (Å²) in [7, 11) is 1.40. The lowest BCUT2D eigenvalue weighted by Crippen LogP contribution is -2.36. The number of hydrogen-bond acceptors (Lipinski definition) is 2. The van der Waals surface area contributed by atoms with Crippen molar-refractivity contribution in [2.75, 3.05) is 7.11 Å². The quantitative estimate of drug-likeness (QED) is 0.838. The van der Waals surface area contributed by atoms with Crippen LogP contribution < -0.4 is 4.74 Å². The first kappa shape index (κ1) is 16.0. The van der Waals surface area contributed by atoms with Gasteiger partial charge in [0.2, 0.25) is 0 Å². The molecule has 0 aliphatic carbocycles. The van der Waals surface area contributed by atoms with Gasteiger partial charge in [0.15, 0.2) is 11.6 Å². The molecule has 4 heteroatoms. The molecule has 0 saturated carbocycles. The van der Waals surface area contributed by atoms with E-state index < -0.39 is 5.82 Å². The van der Waals surface area contributed by atoms with Crippen LogP contribution in [0.1, 0.15) is 29.8 Å². The highest BCUT2D eigenvalue weighted by Gasteiger charge is 2.20. The number of methoxy groups -OCH3 is 1. The summed E-state index contributed by atoms with van der Waals surface area (Å²) in [6.45, 7) is 4.38. The zero-order valence-corrected chi connectivity index (χ0v) is 13.0. The fraction of sp³-hybridized carbons (Fsp3) is 0.278. The van der Waals surface area contributed by atoms with Crippen LogP contribution in [0.15, 0.2) is 48.5 Å². The number of ether oxygens (including phenoxy) is 1. The van der Waals surface area contributed by atoms with E-state index in [1.165, 1.54) is 19.2 Å². The molecule has 2 aromatic carbocycles. The Morgan fingerprint density at radius 2 is 1.86 bits per heavy atom. The number of hydrogen-bond donors (Lipinski definition) is 0. The van der Waals surface area contributed by atoms with Gasteiger partial charge in [-0.15, -0.1) is 0 Å². The molecule has 0 unspecified atom stereocenters. The summed E-state index contributed by atoms with van der Waals surface area (Å²) in [4.78, 5) is 14.4. The van der Waals surface area contributed by atoms with Gasteiger partial charge in [-0.1, -0.05) is 30.3 Å². The lowest BCUT2D eigenvalue weighted by atomic mass is 10.1. The molecule has 2 rings (SSSR count). The van der Waals surface area contributed by atoms with Crippen molar-refractivity contribution in [1.82, 2.24) is 4.90 Å². The number of benzene rings is 2. The van der Waals surface area contributed by atoms with Crippen LogP contribution in [0.4, 0.5) is 4.39 Å². The molecule has 0 atom stereocenters. The monoisotopic (exact) mass is 301 g/mol. The molecule has 2 aromatic rings. The number of carbonyl (C=O) groups is 1. The lowest BCUT2D eigenvalue weighted by molar-refractivity contribution is 0.0690. The van der Waals surface area contributed by atoms with Gasteiger partial charge in [-0.25, -0.2) is 4.39 Å². The van der Waals surface area contributed by atoms with E-state index in [1.807, 2.05) is 44.2 Å². The van der Waals surface area contributed by atoms with Crippen molar-refractivity contribution in [2.45, 2.75) is 26.4 Å². The van der Waals surface area contributed by atoms with Crippen LogP contribution in [0.25, 0.3) is 0 Å². The Kier molecular flexibility index (Phi) is 5.15. The molecular formula is C18H20FNO2. The standard InChI is InChI=1S/C18H20FNO2/c1-13(2)20(12-14-7-5-4-6-8-14)18(21)15-9-10-17(22-3)16(19)11-15/h4-11,13H,12H2,1-3H3. The molecule has 1 amide bonds. The van der Waals surface area contributed by atoms with Gasteiger partial charge in [0.1, 0.15) is 0 Å². The Morgan fingerprint density at radius 1 is 1.18 bits per heavy atom. The molecule has 0 fully saturated rings. The van der Waals surface area contributed by atoms with E-state index in [0.717, 1.165) is 5.56 Å². The van der Waals surface area contributed by atoms with Crippen LogP contribution in [0.2, 0.25) is 0 Å². The van der Waals surface area contributed by atoms with Crippen LogP contribution >= 0.6 is 0 Å². The number of nitrogens with zero attached hydrogens (tertiary/aromatic N) is 1. The first-order chi connectivity index (χ1) is 10.5. The predicted octanol–water partition coefficient (Wildman–Crippen LogP) is 3.89. The predicted molar refractivity (Wildman–Crippen MR) is 84.4 cm³/mol. The summed E-state index contributed by atoms with van der Waals surface area (Å²) in [6, 6.07) is 14.0. The van der Waals surface area contributed by atoms with Crippen molar-refractivity contribution in [3.8, 4) is 5.75 Å². The minimum atomic E-state index is -0.531. The van der Waals surface area contributed by atoms with Gasteiger partial charge in [-0.05, 0) is 37.6 Å². The topological polar surface area (TPSA) is 29.5 Å². The van der Waals surface area contributed by atoms with Gasteiger partial charge in [0.05, 0.1) is 7.11 Å². The number of carbonyl (C=O) groups excluding carboxylic acids is 1. The third-order valence-electron chi connectivity index (χ3n) is 3.48. The van der Waals surface area contributed by atoms with E-state index in [9.17, 15) is 9.18 Å². The number of rotatable bonds is 5. The Bertz CT molecular complexity index is 641. The van der Waals surface area contributed by atoms with Gasteiger partial charge < -0.3 is 9.64 Å². The molecule has 116 valence electrons. The van der Waals surface area contributed by atoms with Crippen molar-refractivity contribution in [2.24, 2.45) is 0 Å². The number of halogens is 1. The molecule has 22 heavy (non-hydrogen) atoms. The van der Waals surface area contributed by atoms with Crippen molar-refractivity contribution < 1.29 is 13.9 Å². The fourth-order valence-electron chi connectivity index (χ4n) is 2.23. The minimum absolute atomic E-state index is 0.0119. The third-order valence-corrected chi connectivity index (χ3v) is 3.48. The van der Waals surface area contributed by atoms with E-state index >= 15 is 0 Å². The molecule has 0 heterocycles. The molecule has 3 nitrogen and oxygen atoms in total. The van der Waals surface area contributed by atoms with Gasteiger partial charge >= 0.3 is 0 Å². The van der Waals surface area contributed by atoms with E-state index in [4.69, 9.17) is 4.74 Å². The SMILES string of the molecule is COc1ccc(C(=O)N(Cc2ccccc2)C(C)C)cc1F. The van der Waals surface area contributed by atoms with E-state index in [1.54, 1.807) is 11.0 Å². The zero-order chi connectivity index (χ0) is 16.1. The largest absolute Gasteiger partial charge is 0.494 e. The van der Waals surface area contributed by atoms with Crippen LogP contribution in [-0.4, -0.2) is 24.0 Å². The van der Waals surface area contributed by atoms with Crippen molar-refractivity contribution in [3.05, 3.63) is 65.5 Å². The maximum absolute atomic E-state index is 13.8. The Hall–Kier alpha value is -2.36. The molecule has 0 spiro atoms. The second-order valence-corrected chi connectivity index (χ2v) is 5.36. The second kappa shape index (κ2) is 7.07. The van der Waals surface area contributed by atoms with Crippen molar-refractivity contribution >= 4 is 5.91 Å². The highest BCUT2D eigenvalue weighted by atomic mass is 19.1. The zero-order valence-electron chi connectivity index (χ0n) is 13.0. The smallest absolute Gasteiger partial charge is 0.254 e. The molecule has 0 aliphatic rings. The highest BCUT2D eigenvalue weighted by Crippen LogP contribution is 2.20. The summed E-state index contributed by atoms with van der Waals surface area (Å²) in [6.07, 6.45) is 0. The normalized spacial score (nSPS) is 10.6. The molecular weight excluding hydrogens is 281 g/mol. The van der Waals surface area contributed by atoms with Crippen LogP contribution in [0, 0.1) is 5.82 Å². The summed E-state index contributed by atoms with van der Waals surface area (Å²) >= 11 is 0. The Morgan fingerprint density at radius 3 is 2.41 bits per heavy atom. The van der Waals surface area contributed by atoms with E-state index in [0.29, 0.717) is 12.1 Å². The van der Waals surface area contributed by atoms with E-state index in [-0.39, 0.29) is 17.7 Å². The maximum Gasteiger partial charge on any atom is 0.254 e. The van der Waals surface area contributed by atoms with Crippen molar-refractivity contribution in [1.29, 1.82) is 0 Å². The minimum Gasteiger partial charge on any atom is -0.494 e. The molecule has 0 N–H and O–H groups in total. The van der Waals surface area contributed by atoms with Crippen molar-refractivity contribution in [3.63, 3.8) is 0 Å². The average molecular weight is 301 g/mol. The molecule has 0 aliphatic heterocycles. The highest BCUT2D eigenvalue weighted by molar-refractivity contribution is 5.94. The second-order valence-electron chi connectivity index (χ2n) is 5.36. The first-order valence-electron chi connectivity index (χ1n) is 7.21. The Balaban J connectivity index is 2.25. The van der Waals surface area contributed by atoms with Gasteiger partial charge in [0.25, 0.3) is 5.91 Å². The molecule has 0 saturated heterocycles. The molecule has 0 radical (unpaired) electrons. The third kappa shape index (κ3) is 3.64. The summed E-state index contributed by atoms with van der Waals surface area (Å²) < 4.78 is 18.7. The summed E-state index contributed by atoms with van der Waals surface area (Å²) in [5, 5.41) is 0. The maximum atomic E-state index is 13.8. The molecule has 0 bridgehead atoms. The fourth-order valence-corrected chi connectivity index (χ4v) is 2.23. The number of amides is 1. The molecule has 0 aromatic heterocycles. The lowest BCUT2D eigenvalue weighted by Gasteiger charge is -2.27.